The summed E-state index contributed by atoms with van der Waals surface area (Å²) in [5, 5.41) is 8.09. The molecule has 1 atom stereocenters. The standard InChI is InChI=1S/C3H7NO5S/c5-1-2-9-3(6)4-10(7)8/h5H,1-2H2,(H,4,6)(H,7,8)/p-1. The summed E-state index contributed by atoms with van der Waals surface area (Å²) in [6, 6.07) is 0. The maximum atomic E-state index is 10.2. The number of ether oxygens (including phenoxy) is 1. The summed E-state index contributed by atoms with van der Waals surface area (Å²) >= 11 is -2.66. The number of hydrogen-bond donors (Lipinski definition) is 2. The third-order valence-electron chi connectivity index (χ3n) is 0.491. The molecule has 6 nitrogen and oxygen atoms in total. The van der Waals surface area contributed by atoms with Crippen LogP contribution in [-0.4, -0.2) is 33.2 Å². The van der Waals surface area contributed by atoms with Crippen LogP contribution in [0, 0.1) is 0 Å². The van der Waals surface area contributed by atoms with Crippen LogP contribution < -0.4 is 4.72 Å². The van der Waals surface area contributed by atoms with Gasteiger partial charge in [-0.25, -0.2) is 4.79 Å². The van der Waals surface area contributed by atoms with Crippen LogP contribution in [0.5, 0.6) is 0 Å². The predicted molar refractivity (Wildman–Crippen MR) is 30.5 cm³/mol. The Morgan fingerprint density at radius 3 is 2.80 bits per heavy atom. The average molecular weight is 168 g/mol. The van der Waals surface area contributed by atoms with E-state index in [-0.39, 0.29) is 13.2 Å². The maximum Gasteiger partial charge on any atom is 0.418 e. The van der Waals surface area contributed by atoms with Crippen LogP contribution in [0.2, 0.25) is 0 Å². The van der Waals surface area contributed by atoms with Gasteiger partial charge in [0, 0.05) is 11.3 Å². The Balaban J connectivity index is 3.35. The minimum atomic E-state index is -2.66. The quantitative estimate of drug-likeness (QED) is 0.499. The van der Waals surface area contributed by atoms with E-state index in [1.54, 1.807) is 0 Å². The molecule has 2 N–H and O–H groups in total. The highest BCUT2D eigenvalue weighted by atomic mass is 32.2. The summed E-state index contributed by atoms with van der Waals surface area (Å²) < 4.78 is 24.9. The molecule has 0 spiro atoms. The molecule has 0 aromatic rings. The van der Waals surface area contributed by atoms with Crippen molar-refractivity contribution >= 4 is 17.4 Å². The lowest BCUT2D eigenvalue weighted by molar-refractivity contribution is 0.124. The predicted octanol–water partition coefficient (Wildman–Crippen LogP) is -1.50. The number of hydrogen-bond acceptors (Lipinski definition) is 5. The van der Waals surface area contributed by atoms with Crippen LogP contribution in [0.25, 0.3) is 0 Å². The van der Waals surface area contributed by atoms with Gasteiger partial charge in [0.1, 0.15) is 6.61 Å². The van der Waals surface area contributed by atoms with Crippen LogP contribution in [0.3, 0.4) is 0 Å². The summed E-state index contributed by atoms with van der Waals surface area (Å²) in [7, 11) is 0. The van der Waals surface area contributed by atoms with Crippen LogP contribution in [0.1, 0.15) is 0 Å². The van der Waals surface area contributed by atoms with Gasteiger partial charge in [-0.1, -0.05) is 0 Å². The van der Waals surface area contributed by atoms with Gasteiger partial charge in [0.05, 0.1) is 6.61 Å². The Hall–Kier alpha value is -0.660. The highest BCUT2D eigenvalue weighted by Gasteiger charge is 1.97. The highest BCUT2D eigenvalue weighted by molar-refractivity contribution is 7.77. The first-order chi connectivity index (χ1) is 4.66. The lowest BCUT2D eigenvalue weighted by Crippen LogP contribution is -2.26. The van der Waals surface area contributed by atoms with Crippen molar-refractivity contribution in [3.05, 3.63) is 0 Å². The zero-order valence-electron chi connectivity index (χ0n) is 4.90. The van der Waals surface area contributed by atoms with Crippen molar-refractivity contribution in [2.24, 2.45) is 0 Å². The summed E-state index contributed by atoms with van der Waals surface area (Å²) in [4.78, 5) is 10.2. The first-order valence-electron chi connectivity index (χ1n) is 2.30. The molecule has 1 amide bonds. The third-order valence-corrected chi connectivity index (χ3v) is 0.824. The van der Waals surface area contributed by atoms with Crippen molar-refractivity contribution in [1.82, 2.24) is 4.72 Å². The topological polar surface area (TPSA) is 98.7 Å². The number of carbonyl (C=O) groups excluding carboxylic acids is 1. The van der Waals surface area contributed by atoms with Gasteiger partial charge in [0.2, 0.25) is 0 Å². The fraction of sp³-hybridized carbons (Fsp3) is 0.667. The van der Waals surface area contributed by atoms with Crippen molar-refractivity contribution in [2.45, 2.75) is 0 Å². The monoisotopic (exact) mass is 168 g/mol. The van der Waals surface area contributed by atoms with Gasteiger partial charge in [-0.05, 0) is 0 Å². The average Bonchev–Trinajstić information content (AvgIpc) is 1.82. The summed E-state index contributed by atoms with van der Waals surface area (Å²) in [6.45, 7) is -0.554. The fourth-order valence-electron chi connectivity index (χ4n) is 0.236. The minimum Gasteiger partial charge on any atom is -0.755 e. The zero-order chi connectivity index (χ0) is 7.98. The van der Waals surface area contributed by atoms with Gasteiger partial charge >= 0.3 is 6.09 Å². The molecule has 0 aliphatic carbocycles. The van der Waals surface area contributed by atoms with Crippen LogP contribution >= 0.6 is 0 Å². The first kappa shape index (κ1) is 9.34. The van der Waals surface area contributed by atoms with Crippen LogP contribution in [0.4, 0.5) is 4.79 Å². The Morgan fingerprint density at radius 2 is 2.40 bits per heavy atom. The van der Waals surface area contributed by atoms with Crippen molar-refractivity contribution < 1.29 is 23.4 Å². The van der Waals surface area contributed by atoms with Crippen molar-refractivity contribution in [1.29, 1.82) is 0 Å². The largest absolute Gasteiger partial charge is 0.755 e. The molecule has 0 rings (SSSR count). The molecule has 10 heavy (non-hydrogen) atoms. The van der Waals surface area contributed by atoms with Crippen molar-refractivity contribution in [2.75, 3.05) is 13.2 Å². The lowest BCUT2D eigenvalue weighted by Gasteiger charge is -2.06. The number of aliphatic hydroxyl groups excluding tert-OH is 1. The number of nitrogens with one attached hydrogen (secondary N) is 1. The summed E-state index contributed by atoms with van der Waals surface area (Å²) in [5.74, 6) is 0. The molecule has 7 heteroatoms. The van der Waals surface area contributed by atoms with E-state index in [4.69, 9.17) is 5.11 Å². The molecule has 0 aromatic heterocycles. The van der Waals surface area contributed by atoms with Crippen LogP contribution in [0.15, 0.2) is 0 Å². The lowest BCUT2D eigenvalue weighted by atomic mass is 10.8. The van der Waals surface area contributed by atoms with E-state index in [1.807, 2.05) is 0 Å². The van der Waals surface area contributed by atoms with Crippen molar-refractivity contribution in [3.63, 3.8) is 0 Å². The van der Waals surface area contributed by atoms with Gasteiger partial charge in [0.15, 0.2) is 0 Å². The van der Waals surface area contributed by atoms with E-state index >= 15 is 0 Å². The molecule has 0 radical (unpaired) electrons. The van der Waals surface area contributed by atoms with E-state index in [9.17, 15) is 13.6 Å². The molecule has 0 aromatic carbocycles. The highest BCUT2D eigenvalue weighted by Crippen LogP contribution is 1.76. The molecule has 1 unspecified atom stereocenters. The number of amides is 1. The Bertz CT molecular complexity index is 137. The van der Waals surface area contributed by atoms with E-state index in [1.165, 1.54) is 4.72 Å². The van der Waals surface area contributed by atoms with Crippen molar-refractivity contribution in [3.8, 4) is 0 Å². The molecule has 0 heterocycles. The zero-order valence-corrected chi connectivity index (χ0v) is 5.72. The van der Waals surface area contributed by atoms with E-state index in [0.29, 0.717) is 0 Å². The molecular formula is C3H6NO5S-. The second-order valence-corrected chi connectivity index (χ2v) is 1.87. The minimum absolute atomic E-state index is 0.219. The fourth-order valence-corrected chi connectivity index (χ4v) is 0.431. The van der Waals surface area contributed by atoms with Crippen LogP contribution in [-0.2, 0) is 16.0 Å². The molecule has 0 saturated carbocycles. The summed E-state index contributed by atoms with van der Waals surface area (Å²) in [6.07, 6.45) is -1.10. The smallest absolute Gasteiger partial charge is 0.418 e. The number of aliphatic hydroxyl groups is 1. The SMILES string of the molecule is O=C(NS(=O)[O-])OCCO. The maximum absolute atomic E-state index is 10.2. The second kappa shape index (κ2) is 5.15. The third kappa shape index (κ3) is 5.48. The molecule has 0 bridgehead atoms. The second-order valence-electron chi connectivity index (χ2n) is 1.20. The van der Waals surface area contributed by atoms with E-state index < -0.39 is 17.4 Å². The van der Waals surface area contributed by atoms with Gasteiger partial charge in [-0.3, -0.25) is 8.93 Å². The molecule has 60 valence electrons. The van der Waals surface area contributed by atoms with Gasteiger partial charge < -0.3 is 14.4 Å². The van der Waals surface area contributed by atoms with E-state index in [0.717, 1.165) is 0 Å². The van der Waals surface area contributed by atoms with E-state index in [2.05, 4.69) is 4.74 Å². The number of rotatable bonds is 3. The molecule has 0 saturated heterocycles. The van der Waals surface area contributed by atoms with Gasteiger partial charge in [-0.15, -0.1) is 0 Å². The number of carbonyl (C=O) groups is 1. The molecule has 0 aliphatic rings. The Kier molecular flexibility index (Phi) is 4.81. The first-order valence-corrected chi connectivity index (χ1v) is 3.38. The summed E-state index contributed by atoms with van der Waals surface area (Å²) in [5.41, 5.74) is 0. The molecular weight excluding hydrogens is 162 g/mol. The van der Waals surface area contributed by atoms with Gasteiger partial charge in [-0.2, -0.15) is 0 Å². The molecule has 0 fully saturated rings. The Labute approximate surface area is 59.6 Å². The molecule has 0 aliphatic heterocycles. The normalized spacial score (nSPS) is 12.2. The van der Waals surface area contributed by atoms with Gasteiger partial charge in [0.25, 0.3) is 0 Å². The Morgan fingerprint density at radius 1 is 1.80 bits per heavy atom.